The predicted octanol–water partition coefficient (Wildman–Crippen LogP) is 1.20. The molecule has 0 bridgehead atoms. The van der Waals surface area contributed by atoms with Gasteiger partial charge in [-0.1, -0.05) is 29.8 Å². The smallest absolute Gasteiger partial charge is 0.343 e. The number of carbonyl (C=O) groups is 3. The van der Waals surface area contributed by atoms with Crippen LogP contribution in [-0.4, -0.2) is 59.7 Å². The second kappa shape index (κ2) is 8.48. The first-order valence-electron chi connectivity index (χ1n) is 7.77. The van der Waals surface area contributed by atoms with Gasteiger partial charge in [0.05, 0.1) is 17.9 Å². The molecule has 1 aromatic heterocycles. The summed E-state index contributed by atoms with van der Waals surface area (Å²) in [5.41, 5.74) is 1.17. The number of halogens is 1. The quantitative estimate of drug-likeness (QED) is 0.762. The third-order valence-electron chi connectivity index (χ3n) is 3.62. The highest BCUT2D eigenvalue weighted by Crippen LogP contribution is 2.24. The Labute approximate surface area is 155 Å². The van der Waals surface area contributed by atoms with E-state index in [0.717, 1.165) is 4.90 Å². The van der Waals surface area contributed by atoms with Gasteiger partial charge in [-0.25, -0.2) is 9.48 Å². The summed E-state index contributed by atoms with van der Waals surface area (Å²) in [6.07, 6.45) is 0. The van der Waals surface area contributed by atoms with Crippen molar-refractivity contribution in [2.24, 2.45) is 0 Å². The van der Waals surface area contributed by atoms with Gasteiger partial charge in [0.1, 0.15) is 10.7 Å². The van der Waals surface area contributed by atoms with Gasteiger partial charge in [-0.2, -0.15) is 5.10 Å². The molecule has 1 heterocycles. The molecule has 0 saturated carbocycles. The van der Waals surface area contributed by atoms with Crippen molar-refractivity contribution in [2.45, 2.75) is 6.92 Å². The van der Waals surface area contributed by atoms with Crippen LogP contribution in [0.1, 0.15) is 16.1 Å². The predicted molar refractivity (Wildman–Crippen MR) is 95.3 cm³/mol. The van der Waals surface area contributed by atoms with Crippen LogP contribution in [0.4, 0.5) is 0 Å². The molecule has 0 unspecified atom stereocenters. The first-order valence-corrected chi connectivity index (χ1v) is 8.15. The van der Waals surface area contributed by atoms with Crippen molar-refractivity contribution in [1.82, 2.24) is 20.0 Å². The number of aryl methyl sites for hydroxylation is 1. The summed E-state index contributed by atoms with van der Waals surface area (Å²) in [5, 5.41) is 6.76. The van der Waals surface area contributed by atoms with Crippen LogP contribution in [0.3, 0.4) is 0 Å². The second-order valence-electron chi connectivity index (χ2n) is 5.50. The number of rotatable bonds is 6. The zero-order valence-electron chi connectivity index (χ0n) is 14.7. The number of hydrogen-bond acceptors (Lipinski definition) is 5. The Morgan fingerprint density at radius 1 is 1.27 bits per heavy atom. The van der Waals surface area contributed by atoms with Gasteiger partial charge >= 0.3 is 5.97 Å². The molecular formula is C17H19ClN4O4. The fourth-order valence-corrected chi connectivity index (χ4v) is 2.51. The minimum absolute atomic E-state index is 0.0947. The first-order chi connectivity index (χ1) is 12.3. The average Bonchev–Trinajstić information content (AvgIpc) is 2.94. The Kier molecular flexibility index (Phi) is 6.35. The van der Waals surface area contributed by atoms with E-state index in [9.17, 15) is 14.4 Å². The van der Waals surface area contributed by atoms with Crippen LogP contribution in [0.5, 0.6) is 0 Å². The maximum atomic E-state index is 12.3. The van der Waals surface area contributed by atoms with E-state index in [1.54, 1.807) is 19.1 Å². The first kappa shape index (κ1) is 19.5. The van der Waals surface area contributed by atoms with Crippen molar-refractivity contribution >= 4 is 29.4 Å². The van der Waals surface area contributed by atoms with Gasteiger partial charge in [0.2, 0.25) is 5.91 Å². The van der Waals surface area contributed by atoms with Crippen LogP contribution in [0.15, 0.2) is 30.3 Å². The van der Waals surface area contributed by atoms with Crippen LogP contribution >= 0.6 is 11.6 Å². The summed E-state index contributed by atoms with van der Waals surface area (Å²) < 4.78 is 6.46. The number of hydrogen-bond donors (Lipinski definition) is 1. The molecule has 0 aliphatic heterocycles. The van der Waals surface area contributed by atoms with Crippen LogP contribution in [0.25, 0.3) is 5.69 Å². The minimum Gasteiger partial charge on any atom is -0.452 e. The van der Waals surface area contributed by atoms with Crippen molar-refractivity contribution in [3.63, 3.8) is 0 Å². The van der Waals surface area contributed by atoms with E-state index in [-0.39, 0.29) is 23.2 Å². The standard InChI is InChI=1S/C17H19ClN4O4/c1-11-15(16(18)22(20-11)12-7-5-4-6-8-12)17(25)26-10-14(24)21(3)9-13(23)19-2/h4-8H,9-10H2,1-3H3,(H,19,23). The highest BCUT2D eigenvalue weighted by Gasteiger charge is 2.24. The molecule has 0 saturated heterocycles. The monoisotopic (exact) mass is 378 g/mol. The van der Waals surface area contributed by atoms with Crippen LogP contribution in [0, 0.1) is 6.92 Å². The Hall–Kier alpha value is -2.87. The summed E-state index contributed by atoms with van der Waals surface area (Å²) in [6.45, 7) is 0.999. The van der Waals surface area contributed by atoms with E-state index in [1.807, 2.05) is 18.2 Å². The molecule has 138 valence electrons. The summed E-state index contributed by atoms with van der Waals surface area (Å²) >= 11 is 6.28. The topological polar surface area (TPSA) is 93.5 Å². The number of esters is 1. The molecule has 2 aromatic rings. The summed E-state index contributed by atoms with van der Waals surface area (Å²) in [4.78, 5) is 36.7. The average molecular weight is 379 g/mol. The summed E-state index contributed by atoms with van der Waals surface area (Å²) in [7, 11) is 2.91. The van der Waals surface area contributed by atoms with E-state index in [4.69, 9.17) is 16.3 Å². The van der Waals surface area contributed by atoms with E-state index < -0.39 is 18.5 Å². The van der Waals surface area contributed by atoms with E-state index >= 15 is 0 Å². The Balaban J connectivity index is 2.07. The fourth-order valence-electron chi connectivity index (χ4n) is 2.16. The fraction of sp³-hybridized carbons (Fsp3) is 0.294. The molecule has 2 rings (SSSR count). The van der Waals surface area contributed by atoms with Gasteiger partial charge in [-0.15, -0.1) is 0 Å². The molecule has 26 heavy (non-hydrogen) atoms. The molecular weight excluding hydrogens is 360 g/mol. The highest BCUT2D eigenvalue weighted by atomic mass is 35.5. The SMILES string of the molecule is CNC(=O)CN(C)C(=O)COC(=O)c1c(C)nn(-c2ccccc2)c1Cl. The van der Waals surface area contributed by atoms with Crippen molar-refractivity contribution in [1.29, 1.82) is 0 Å². The van der Waals surface area contributed by atoms with E-state index in [0.29, 0.717) is 11.4 Å². The molecule has 0 fully saturated rings. The summed E-state index contributed by atoms with van der Waals surface area (Å²) in [5.74, 6) is -1.59. The van der Waals surface area contributed by atoms with Gasteiger partial charge in [0, 0.05) is 14.1 Å². The van der Waals surface area contributed by atoms with Crippen molar-refractivity contribution < 1.29 is 19.1 Å². The molecule has 9 heteroatoms. The zero-order chi connectivity index (χ0) is 19.3. The highest BCUT2D eigenvalue weighted by molar-refractivity contribution is 6.33. The zero-order valence-corrected chi connectivity index (χ0v) is 15.4. The molecule has 8 nitrogen and oxygen atoms in total. The van der Waals surface area contributed by atoms with Crippen molar-refractivity contribution in [2.75, 3.05) is 27.2 Å². The van der Waals surface area contributed by atoms with Crippen LogP contribution in [-0.2, 0) is 14.3 Å². The lowest BCUT2D eigenvalue weighted by atomic mass is 10.2. The molecule has 1 N–H and O–H groups in total. The number of amides is 2. The number of likely N-dealkylation sites (N-methyl/N-ethyl adjacent to an activating group) is 2. The Morgan fingerprint density at radius 3 is 2.54 bits per heavy atom. The molecule has 0 aliphatic carbocycles. The van der Waals surface area contributed by atoms with Gasteiger partial charge in [0.25, 0.3) is 5.91 Å². The molecule has 0 radical (unpaired) electrons. The number of nitrogens with one attached hydrogen (secondary N) is 1. The molecule has 1 aromatic carbocycles. The van der Waals surface area contributed by atoms with Crippen molar-refractivity contribution in [3.8, 4) is 5.69 Å². The van der Waals surface area contributed by atoms with E-state index in [2.05, 4.69) is 10.4 Å². The maximum Gasteiger partial charge on any atom is 0.343 e. The van der Waals surface area contributed by atoms with Crippen LogP contribution < -0.4 is 5.32 Å². The van der Waals surface area contributed by atoms with Gasteiger partial charge in [-0.05, 0) is 19.1 Å². The third kappa shape index (κ3) is 4.40. The molecule has 0 atom stereocenters. The molecule has 2 amide bonds. The third-order valence-corrected chi connectivity index (χ3v) is 3.97. The Morgan fingerprint density at radius 2 is 1.92 bits per heavy atom. The largest absolute Gasteiger partial charge is 0.452 e. The molecule has 0 spiro atoms. The van der Waals surface area contributed by atoms with Crippen LogP contribution in [0.2, 0.25) is 5.15 Å². The number of carbonyl (C=O) groups excluding carboxylic acids is 3. The lowest BCUT2D eigenvalue weighted by Gasteiger charge is -2.15. The number of benzene rings is 1. The van der Waals surface area contributed by atoms with E-state index in [1.165, 1.54) is 18.8 Å². The number of nitrogens with zero attached hydrogens (tertiary/aromatic N) is 3. The van der Waals surface area contributed by atoms with Crippen molar-refractivity contribution in [3.05, 3.63) is 46.7 Å². The molecule has 0 aliphatic rings. The number of para-hydroxylation sites is 1. The Bertz CT molecular complexity index is 820. The maximum absolute atomic E-state index is 12.3. The number of ether oxygens (including phenoxy) is 1. The lowest BCUT2D eigenvalue weighted by molar-refractivity contribution is -0.137. The van der Waals surface area contributed by atoms with Gasteiger partial charge in [-0.3, -0.25) is 9.59 Å². The lowest BCUT2D eigenvalue weighted by Crippen LogP contribution is -2.39. The second-order valence-corrected chi connectivity index (χ2v) is 5.86. The minimum atomic E-state index is -0.753. The van der Waals surface area contributed by atoms with Gasteiger partial charge in [0.15, 0.2) is 6.61 Å². The normalized spacial score (nSPS) is 10.3. The number of aromatic nitrogens is 2. The van der Waals surface area contributed by atoms with Gasteiger partial charge < -0.3 is 15.0 Å². The summed E-state index contributed by atoms with van der Waals surface area (Å²) in [6, 6.07) is 9.09.